The van der Waals surface area contributed by atoms with Gasteiger partial charge < -0.3 is 15.4 Å². The third kappa shape index (κ3) is 2.30. The number of imidazole rings is 1. The van der Waals surface area contributed by atoms with Gasteiger partial charge in [-0.15, -0.1) is 0 Å². The van der Waals surface area contributed by atoms with Crippen LogP contribution in [0.2, 0.25) is 0 Å². The summed E-state index contributed by atoms with van der Waals surface area (Å²) in [6, 6.07) is 3.85. The fraction of sp³-hybridized carbons (Fsp3) is 0.455. The van der Waals surface area contributed by atoms with Crippen molar-refractivity contribution in [3.05, 3.63) is 18.0 Å². The Balaban J connectivity index is 2.22. The molecule has 2 aromatic rings. The summed E-state index contributed by atoms with van der Waals surface area (Å²) >= 11 is 0. The number of anilines is 1. The number of aliphatic hydroxyl groups excluding tert-OH is 1. The lowest BCUT2D eigenvalue weighted by Crippen LogP contribution is -2.02. The average molecular weight is 220 g/mol. The molecular formula is C11H16N4O. The molecule has 0 bridgehead atoms. The van der Waals surface area contributed by atoms with Crippen molar-refractivity contribution < 1.29 is 5.11 Å². The molecule has 0 aliphatic carbocycles. The van der Waals surface area contributed by atoms with Crippen LogP contribution < -0.4 is 5.32 Å². The maximum Gasteiger partial charge on any atom is 0.179 e. The number of pyridine rings is 1. The number of fused-ring (bicyclic) bond motifs is 1. The Bertz CT molecular complexity index is 478. The molecule has 2 heterocycles. The van der Waals surface area contributed by atoms with E-state index in [0.29, 0.717) is 12.1 Å². The summed E-state index contributed by atoms with van der Waals surface area (Å²) < 4.78 is 0. The first-order valence-corrected chi connectivity index (χ1v) is 5.40. The van der Waals surface area contributed by atoms with E-state index in [-0.39, 0.29) is 6.10 Å². The summed E-state index contributed by atoms with van der Waals surface area (Å²) in [5.74, 6) is 1.68. The van der Waals surface area contributed by atoms with E-state index in [9.17, 15) is 5.11 Å². The molecule has 0 aromatic carbocycles. The Morgan fingerprint density at radius 2 is 2.25 bits per heavy atom. The van der Waals surface area contributed by atoms with Gasteiger partial charge in [-0.1, -0.05) is 0 Å². The van der Waals surface area contributed by atoms with E-state index in [0.717, 1.165) is 23.6 Å². The van der Waals surface area contributed by atoms with Gasteiger partial charge in [0.2, 0.25) is 0 Å². The largest absolute Gasteiger partial charge is 0.393 e. The van der Waals surface area contributed by atoms with Crippen molar-refractivity contribution in [3.8, 4) is 0 Å². The molecule has 16 heavy (non-hydrogen) atoms. The Hall–Kier alpha value is -1.62. The molecule has 0 aliphatic rings. The molecule has 0 fully saturated rings. The first-order valence-electron chi connectivity index (χ1n) is 5.40. The monoisotopic (exact) mass is 220 g/mol. The molecule has 0 saturated carbocycles. The number of aryl methyl sites for hydroxylation is 1. The van der Waals surface area contributed by atoms with Crippen LogP contribution in [0.5, 0.6) is 0 Å². The van der Waals surface area contributed by atoms with Gasteiger partial charge in [-0.2, -0.15) is 0 Å². The summed E-state index contributed by atoms with van der Waals surface area (Å²) in [7, 11) is 1.83. The third-order valence-electron chi connectivity index (χ3n) is 2.45. The minimum atomic E-state index is -0.297. The third-order valence-corrected chi connectivity index (χ3v) is 2.45. The van der Waals surface area contributed by atoms with Gasteiger partial charge in [-0.05, 0) is 25.5 Å². The van der Waals surface area contributed by atoms with Gasteiger partial charge in [0.05, 0.1) is 11.6 Å². The maximum atomic E-state index is 9.20. The fourth-order valence-corrected chi connectivity index (χ4v) is 1.55. The number of aromatic amines is 1. The molecule has 0 amide bonds. The van der Waals surface area contributed by atoms with E-state index < -0.39 is 0 Å². The molecule has 86 valence electrons. The SMILES string of the molecule is CNc1ccc2[nH]c(CCC(C)O)nc2n1. The van der Waals surface area contributed by atoms with Gasteiger partial charge in [0, 0.05) is 13.5 Å². The molecule has 5 nitrogen and oxygen atoms in total. The van der Waals surface area contributed by atoms with E-state index in [1.54, 1.807) is 6.92 Å². The van der Waals surface area contributed by atoms with Crippen LogP contribution in [0.25, 0.3) is 11.2 Å². The molecule has 0 aliphatic heterocycles. The zero-order valence-corrected chi connectivity index (χ0v) is 9.49. The Morgan fingerprint density at radius 3 is 2.94 bits per heavy atom. The Morgan fingerprint density at radius 1 is 1.44 bits per heavy atom. The molecule has 3 N–H and O–H groups in total. The number of hydrogen-bond acceptors (Lipinski definition) is 4. The van der Waals surface area contributed by atoms with Crippen molar-refractivity contribution in [3.63, 3.8) is 0 Å². The second-order valence-corrected chi connectivity index (χ2v) is 3.89. The molecule has 0 saturated heterocycles. The topological polar surface area (TPSA) is 73.8 Å². The minimum Gasteiger partial charge on any atom is -0.393 e. The van der Waals surface area contributed by atoms with Crippen molar-refractivity contribution in [1.29, 1.82) is 0 Å². The molecule has 0 spiro atoms. The molecule has 2 aromatic heterocycles. The van der Waals surface area contributed by atoms with E-state index in [1.165, 1.54) is 0 Å². The highest BCUT2D eigenvalue weighted by atomic mass is 16.3. The summed E-state index contributed by atoms with van der Waals surface area (Å²) in [5, 5.41) is 12.2. The molecule has 5 heteroatoms. The number of H-pyrrole nitrogens is 1. The van der Waals surface area contributed by atoms with Crippen molar-refractivity contribution in [2.45, 2.75) is 25.9 Å². The normalized spacial score (nSPS) is 12.9. The quantitative estimate of drug-likeness (QED) is 0.726. The van der Waals surface area contributed by atoms with Crippen LogP contribution in [0.15, 0.2) is 12.1 Å². The van der Waals surface area contributed by atoms with Crippen LogP contribution in [-0.4, -0.2) is 33.2 Å². The van der Waals surface area contributed by atoms with Crippen LogP contribution in [-0.2, 0) is 6.42 Å². The predicted octanol–water partition coefficient (Wildman–Crippen LogP) is 1.31. The van der Waals surface area contributed by atoms with Crippen molar-refractivity contribution in [1.82, 2.24) is 15.0 Å². The zero-order valence-electron chi connectivity index (χ0n) is 9.49. The first-order chi connectivity index (χ1) is 7.69. The fourth-order valence-electron chi connectivity index (χ4n) is 1.55. The molecule has 2 rings (SSSR count). The number of aliphatic hydroxyl groups is 1. The van der Waals surface area contributed by atoms with E-state index in [1.807, 2.05) is 19.2 Å². The Kier molecular flexibility index (Phi) is 3.05. The summed E-state index contributed by atoms with van der Waals surface area (Å²) in [4.78, 5) is 11.9. The van der Waals surface area contributed by atoms with Gasteiger partial charge in [0.15, 0.2) is 5.65 Å². The maximum absolute atomic E-state index is 9.20. The number of nitrogens with one attached hydrogen (secondary N) is 2. The number of hydrogen-bond donors (Lipinski definition) is 3. The van der Waals surface area contributed by atoms with Gasteiger partial charge in [0.1, 0.15) is 11.6 Å². The van der Waals surface area contributed by atoms with Gasteiger partial charge >= 0.3 is 0 Å². The number of rotatable bonds is 4. The lowest BCUT2D eigenvalue weighted by molar-refractivity contribution is 0.184. The highest BCUT2D eigenvalue weighted by Gasteiger charge is 2.05. The van der Waals surface area contributed by atoms with Gasteiger partial charge in [-0.25, -0.2) is 9.97 Å². The van der Waals surface area contributed by atoms with E-state index >= 15 is 0 Å². The van der Waals surface area contributed by atoms with Crippen molar-refractivity contribution in [2.75, 3.05) is 12.4 Å². The van der Waals surface area contributed by atoms with Crippen LogP contribution in [0.1, 0.15) is 19.2 Å². The molecule has 0 radical (unpaired) electrons. The second-order valence-electron chi connectivity index (χ2n) is 3.89. The van der Waals surface area contributed by atoms with Crippen LogP contribution in [0.4, 0.5) is 5.82 Å². The summed E-state index contributed by atoms with van der Waals surface area (Å²) in [6.45, 7) is 1.78. The average Bonchev–Trinajstić information content (AvgIpc) is 2.67. The van der Waals surface area contributed by atoms with E-state index in [4.69, 9.17) is 0 Å². The summed E-state index contributed by atoms with van der Waals surface area (Å²) in [6.07, 6.45) is 1.15. The molecule has 1 atom stereocenters. The highest BCUT2D eigenvalue weighted by Crippen LogP contribution is 2.13. The molecule has 1 unspecified atom stereocenters. The number of aromatic nitrogens is 3. The standard InChI is InChI=1S/C11H16N4O/c1-7(16)3-5-10-13-8-4-6-9(12-2)14-11(8)15-10/h4,6-7,16H,3,5H2,1-2H3,(H2,12,13,14,15). The van der Waals surface area contributed by atoms with Crippen LogP contribution >= 0.6 is 0 Å². The smallest absolute Gasteiger partial charge is 0.179 e. The van der Waals surface area contributed by atoms with Crippen molar-refractivity contribution in [2.24, 2.45) is 0 Å². The van der Waals surface area contributed by atoms with Crippen LogP contribution in [0, 0.1) is 0 Å². The predicted molar refractivity (Wildman–Crippen MR) is 63.4 cm³/mol. The van der Waals surface area contributed by atoms with E-state index in [2.05, 4.69) is 20.3 Å². The lowest BCUT2D eigenvalue weighted by Gasteiger charge is -1.99. The zero-order chi connectivity index (χ0) is 11.5. The minimum absolute atomic E-state index is 0.297. The van der Waals surface area contributed by atoms with Crippen molar-refractivity contribution >= 4 is 17.0 Å². The first kappa shape index (κ1) is 10.9. The Labute approximate surface area is 93.9 Å². The number of nitrogens with zero attached hydrogens (tertiary/aromatic N) is 2. The lowest BCUT2D eigenvalue weighted by atomic mass is 10.2. The second kappa shape index (κ2) is 4.49. The van der Waals surface area contributed by atoms with Gasteiger partial charge in [-0.3, -0.25) is 0 Å². The van der Waals surface area contributed by atoms with Gasteiger partial charge in [0.25, 0.3) is 0 Å². The molecular weight excluding hydrogens is 204 g/mol. The summed E-state index contributed by atoms with van der Waals surface area (Å²) in [5.41, 5.74) is 1.65. The highest BCUT2D eigenvalue weighted by molar-refractivity contribution is 5.72. The van der Waals surface area contributed by atoms with Crippen LogP contribution in [0.3, 0.4) is 0 Å².